The molecule has 1 aliphatic heterocycles. The first kappa shape index (κ1) is 23.8. The highest BCUT2D eigenvalue weighted by Gasteiger charge is 2.26. The van der Waals surface area contributed by atoms with Crippen molar-refractivity contribution in [1.29, 1.82) is 0 Å². The van der Waals surface area contributed by atoms with E-state index in [1.54, 1.807) is 12.1 Å². The van der Waals surface area contributed by atoms with Gasteiger partial charge in [0.05, 0.1) is 16.5 Å². The highest BCUT2D eigenvalue weighted by atomic mass is 32.2. The summed E-state index contributed by atoms with van der Waals surface area (Å²) in [6, 6.07) is 18.4. The number of hydrogen-bond acceptors (Lipinski definition) is 6. The van der Waals surface area contributed by atoms with E-state index in [-0.39, 0.29) is 16.7 Å². The third-order valence-corrected chi connectivity index (χ3v) is 7.08. The zero-order chi connectivity index (χ0) is 24.1. The maximum Gasteiger partial charge on any atom is 0.238 e. The van der Waals surface area contributed by atoms with Crippen LogP contribution in [0.5, 0.6) is 0 Å². The number of anilines is 1. The van der Waals surface area contributed by atoms with E-state index in [4.69, 9.17) is 5.14 Å². The van der Waals surface area contributed by atoms with Gasteiger partial charge in [-0.05, 0) is 61.6 Å². The molecule has 4 rings (SSSR count). The van der Waals surface area contributed by atoms with Gasteiger partial charge in [-0.25, -0.2) is 13.6 Å². The van der Waals surface area contributed by atoms with Gasteiger partial charge in [-0.15, -0.1) is 10.2 Å². The van der Waals surface area contributed by atoms with Crippen molar-refractivity contribution in [1.82, 2.24) is 15.5 Å². The number of carbonyl (C=O) groups is 1. The van der Waals surface area contributed by atoms with E-state index in [2.05, 4.69) is 33.4 Å². The fourth-order valence-corrected chi connectivity index (χ4v) is 4.73. The molecule has 0 radical (unpaired) electrons. The summed E-state index contributed by atoms with van der Waals surface area (Å²) in [4.78, 5) is 15.0. The van der Waals surface area contributed by atoms with Crippen LogP contribution in [0.4, 0.5) is 5.82 Å². The van der Waals surface area contributed by atoms with Gasteiger partial charge in [-0.1, -0.05) is 36.4 Å². The molecule has 0 aliphatic carbocycles. The summed E-state index contributed by atoms with van der Waals surface area (Å²) in [5, 5.41) is 17.0. The van der Waals surface area contributed by atoms with Gasteiger partial charge in [0.15, 0.2) is 5.82 Å². The number of aromatic nitrogens is 2. The normalized spacial score (nSPS) is 16.3. The quantitative estimate of drug-likeness (QED) is 0.538. The molecule has 34 heavy (non-hydrogen) atoms. The van der Waals surface area contributed by atoms with Crippen molar-refractivity contribution in [2.45, 2.75) is 31.1 Å². The number of rotatable bonds is 7. The molecule has 3 aromatic rings. The number of nitrogens with two attached hydrogens (primary N) is 1. The topological polar surface area (TPSA) is 118 Å². The van der Waals surface area contributed by atoms with Crippen molar-refractivity contribution in [3.63, 3.8) is 0 Å². The lowest BCUT2D eigenvalue weighted by Gasteiger charge is -2.32. The Morgan fingerprint density at radius 3 is 2.53 bits per heavy atom. The second-order valence-corrected chi connectivity index (χ2v) is 10.2. The van der Waals surface area contributed by atoms with Crippen LogP contribution in [0.3, 0.4) is 0 Å². The Morgan fingerprint density at radius 2 is 1.85 bits per heavy atom. The molecule has 0 saturated carbocycles. The van der Waals surface area contributed by atoms with E-state index in [1.165, 1.54) is 12.1 Å². The second-order valence-electron chi connectivity index (χ2n) is 8.61. The number of aryl methyl sites for hydroxylation is 1. The van der Waals surface area contributed by atoms with E-state index >= 15 is 0 Å². The second kappa shape index (κ2) is 10.3. The first-order valence-corrected chi connectivity index (χ1v) is 12.9. The molecule has 2 aromatic carbocycles. The number of primary sulfonamides is 1. The first-order chi connectivity index (χ1) is 16.3. The Morgan fingerprint density at radius 1 is 1.09 bits per heavy atom. The van der Waals surface area contributed by atoms with Crippen molar-refractivity contribution >= 4 is 21.7 Å². The predicted molar refractivity (Wildman–Crippen MR) is 132 cm³/mol. The Balaban J connectivity index is 1.31. The Hall–Kier alpha value is -3.30. The number of nitrogens with zero attached hydrogens (tertiary/aromatic N) is 3. The Kier molecular flexibility index (Phi) is 7.23. The number of piperidine rings is 1. The van der Waals surface area contributed by atoms with Crippen LogP contribution in [0.1, 0.15) is 24.0 Å². The molecular formula is C25H29N5O3S. The van der Waals surface area contributed by atoms with Crippen LogP contribution >= 0.6 is 0 Å². The third-order valence-electron chi connectivity index (χ3n) is 6.15. The highest BCUT2D eigenvalue weighted by molar-refractivity contribution is 7.89. The average molecular weight is 480 g/mol. The zero-order valence-corrected chi connectivity index (χ0v) is 20.0. The maximum absolute atomic E-state index is 12.8. The fourth-order valence-electron chi connectivity index (χ4n) is 4.22. The molecule has 3 N–H and O–H groups in total. The zero-order valence-electron chi connectivity index (χ0n) is 19.1. The predicted octanol–water partition coefficient (Wildman–Crippen LogP) is 2.67. The van der Waals surface area contributed by atoms with Crippen LogP contribution in [0.25, 0.3) is 11.3 Å². The van der Waals surface area contributed by atoms with E-state index in [0.717, 1.165) is 47.6 Å². The van der Waals surface area contributed by atoms with Gasteiger partial charge in [0.2, 0.25) is 15.9 Å². The fraction of sp³-hybridized carbons (Fsp3) is 0.320. The average Bonchev–Trinajstić information content (AvgIpc) is 2.84. The molecule has 1 amide bonds. The highest BCUT2D eigenvalue weighted by Crippen LogP contribution is 2.25. The van der Waals surface area contributed by atoms with Crippen molar-refractivity contribution < 1.29 is 13.2 Å². The summed E-state index contributed by atoms with van der Waals surface area (Å²) < 4.78 is 22.7. The van der Waals surface area contributed by atoms with E-state index in [0.29, 0.717) is 19.5 Å². The number of benzene rings is 2. The van der Waals surface area contributed by atoms with Gasteiger partial charge in [0.1, 0.15) is 0 Å². The summed E-state index contributed by atoms with van der Waals surface area (Å²) in [6.07, 6.45) is 2.35. The number of sulfonamides is 1. The summed E-state index contributed by atoms with van der Waals surface area (Å²) >= 11 is 0. The van der Waals surface area contributed by atoms with Crippen molar-refractivity contribution in [2.75, 3.05) is 24.5 Å². The van der Waals surface area contributed by atoms with Crippen LogP contribution in [0, 0.1) is 12.8 Å². The van der Waals surface area contributed by atoms with E-state index in [9.17, 15) is 13.2 Å². The van der Waals surface area contributed by atoms with Crippen LogP contribution in [-0.2, 0) is 21.2 Å². The van der Waals surface area contributed by atoms with E-state index < -0.39 is 10.0 Å². The van der Waals surface area contributed by atoms with Crippen molar-refractivity contribution in [3.8, 4) is 11.3 Å². The number of amides is 1. The van der Waals surface area contributed by atoms with Gasteiger partial charge in [-0.2, -0.15) is 0 Å². The Bertz CT molecular complexity index is 1240. The molecule has 1 unspecified atom stereocenters. The molecule has 9 heteroatoms. The lowest BCUT2D eigenvalue weighted by atomic mass is 9.97. The lowest BCUT2D eigenvalue weighted by molar-refractivity contribution is -0.125. The van der Waals surface area contributed by atoms with Gasteiger partial charge < -0.3 is 10.2 Å². The summed E-state index contributed by atoms with van der Waals surface area (Å²) in [6.45, 7) is 3.99. The SMILES string of the molecule is Cc1ccccc1-c1ccc(N2CCCC(C(=O)NCCc3ccc(S(N)(=O)=O)cc3)C2)nn1. The standard InChI is InChI=1S/C25H29N5O3S/c1-18-5-2-3-7-22(18)23-12-13-24(29-28-23)30-16-4-6-20(17-30)25(31)27-15-14-19-8-10-21(11-9-19)34(26,32)33/h2-3,5,7-13,20H,4,6,14-17H2,1H3,(H,27,31)(H2,26,32,33). The molecule has 0 bridgehead atoms. The molecule has 1 saturated heterocycles. The largest absolute Gasteiger partial charge is 0.355 e. The molecule has 8 nitrogen and oxygen atoms in total. The minimum atomic E-state index is -3.70. The summed E-state index contributed by atoms with van der Waals surface area (Å²) in [5.74, 6) is 0.691. The van der Waals surface area contributed by atoms with Crippen LogP contribution in [0.2, 0.25) is 0 Å². The molecular weight excluding hydrogens is 450 g/mol. The van der Waals surface area contributed by atoms with Gasteiger partial charge in [0.25, 0.3) is 0 Å². The molecule has 2 heterocycles. The van der Waals surface area contributed by atoms with Crippen LogP contribution < -0.4 is 15.4 Å². The smallest absolute Gasteiger partial charge is 0.238 e. The van der Waals surface area contributed by atoms with Crippen LogP contribution in [0.15, 0.2) is 65.6 Å². The molecule has 0 spiro atoms. The third kappa shape index (κ3) is 5.78. The number of nitrogens with one attached hydrogen (secondary N) is 1. The number of carbonyl (C=O) groups excluding carboxylic acids is 1. The van der Waals surface area contributed by atoms with E-state index in [1.807, 2.05) is 30.3 Å². The summed E-state index contributed by atoms with van der Waals surface area (Å²) in [7, 11) is -3.70. The van der Waals surface area contributed by atoms with Crippen molar-refractivity contribution in [2.24, 2.45) is 11.1 Å². The van der Waals surface area contributed by atoms with Crippen molar-refractivity contribution in [3.05, 3.63) is 71.8 Å². The molecule has 1 atom stereocenters. The first-order valence-electron chi connectivity index (χ1n) is 11.4. The molecule has 1 aliphatic rings. The lowest BCUT2D eigenvalue weighted by Crippen LogP contribution is -2.43. The molecule has 1 aromatic heterocycles. The minimum Gasteiger partial charge on any atom is -0.355 e. The van der Waals surface area contributed by atoms with Crippen LogP contribution in [-0.4, -0.2) is 44.2 Å². The number of hydrogen-bond donors (Lipinski definition) is 2. The van der Waals surface area contributed by atoms with Gasteiger partial charge in [-0.3, -0.25) is 4.79 Å². The summed E-state index contributed by atoms with van der Waals surface area (Å²) in [5.41, 5.74) is 3.99. The van der Waals surface area contributed by atoms with Gasteiger partial charge >= 0.3 is 0 Å². The monoisotopic (exact) mass is 479 g/mol. The minimum absolute atomic E-state index is 0.0235. The maximum atomic E-state index is 12.8. The molecule has 1 fully saturated rings. The van der Waals surface area contributed by atoms with Gasteiger partial charge in [0, 0.05) is 25.2 Å². The Labute approximate surface area is 200 Å². The molecule has 178 valence electrons.